The maximum atomic E-state index is 6.45. The second kappa shape index (κ2) is 6.01. The van der Waals surface area contributed by atoms with E-state index in [1.807, 2.05) is 36.4 Å². The fourth-order valence-electron chi connectivity index (χ4n) is 3.52. The van der Waals surface area contributed by atoms with Crippen LogP contribution in [0.2, 0.25) is 10.0 Å². The van der Waals surface area contributed by atoms with Crippen molar-refractivity contribution in [2.24, 2.45) is 0 Å². The van der Waals surface area contributed by atoms with Crippen LogP contribution in [0.15, 0.2) is 60.8 Å². The van der Waals surface area contributed by atoms with Gasteiger partial charge in [0.15, 0.2) is 0 Å². The number of rotatable bonds is 2. The van der Waals surface area contributed by atoms with Crippen LogP contribution in [0.25, 0.3) is 22.3 Å². The van der Waals surface area contributed by atoms with E-state index >= 15 is 0 Å². The molecule has 0 bridgehead atoms. The lowest BCUT2D eigenvalue weighted by atomic mass is 10.0. The largest absolute Gasteiger partial charge is 0.381 e. The highest BCUT2D eigenvalue weighted by atomic mass is 35.5. The van der Waals surface area contributed by atoms with Gasteiger partial charge in [0.25, 0.3) is 0 Å². The zero-order chi connectivity index (χ0) is 17.7. The van der Waals surface area contributed by atoms with Crippen molar-refractivity contribution in [3.05, 3.63) is 76.4 Å². The maximum Gasteiger partial charge on any atom is 0.120 e. The van der Waals surface area contributed by atoms with Crippen LogP contribution in [-0.4, -0.2) is 21.3 Å². The molecule has 4 aromatic rings. The lowest BCUT2D eigenvalue weighted by molar-refractivity contribution is 0.553. The number of nitrogens with zero attached hydrogens (tertiary/aromatic N) is 3. The molecule has 6 heteroatoms. The summed E-state index contributed by atoms with van der Waals surface area (Å²) in [4.78, 5) is 4.60. The molecule has 0 radical (unpaired) electrons. The van der Waals surface area contributed by atoms with Crippen molar-refractivity contribution in [3.8, 4) is 11.3 Å². The van der Waals surface area contributed by atoms with E-state index in [-0.39, 0.29) is 6.04 Å². The summed E-state index contributed by atoms with van der Waals surface area (Å²) in [5, 5.41) is 9.60. The van der Waals surface area contributed by atoms with Crippen molar-refractivity contribution in [3.63, 3.8) is 0 Å². The molecule has 0 fully saturated rings. The van der Waals surface area contributed by atoms with Crippen molar-refractivity contribution in [1.29, 1.82) is 0 Å². The van der Waals surface area contributed by atoms with Crippen LogP contribution in [0.4, 0.5) is 5.69 Å². The van der Waals surface area contributed by atoms with Crippen molar-refractivity contribution in [1.82, 2.24) is 14.8 Å². The summed E-state index contributed by atoms with van der Waals surface area (Å²) in [7, 11) is 0. The summed E-state index contributed by atoms with van der Waals surface area (Å²) in [5.41, 5.74) is 5.67. The minimum Gasteiger partial charge on any atom is -0.381 e. The molecular formula is C20H14Cl2N4. The van der Waals surface area contributed by atoms with E-state index in [4.69, 9.17) is 28.3 Å². The topological polar surface area (TPSA) is 42.7 Å². The Bertz CT molecular complexity index is 1120. The molecule has 1 unspecified atom stereocenters. The molecular weight excluding hydrogens is 367 g/mol. The smallest absolute Gasteiger partial charge is 0.120 e. The molecule has 128 valence electrons. The van der Waals surface area contributed by atoms with Crippen LogP contribution < -0.4 is 5.32 Å². The summed E-state index contributed by atoms with van der Waals surface area (Å²) in [5.74, 6) is 0. The molecule has 1 atom stereocenters. The number of hydrogen-bond acceptors (Lipinski definition) is 3. The van der Waals surface area contributed by atoms with Gasteiger partial charge in [0.2, 0.25) is 0 Å². The molecule has 2 aromatic carbocycles. The van der Waals surface area contributed by atoms with Crippen LogP contribution in [0.3, 0.4) is 0 Å². The van der Waals surface area contributed by atoms with Gasteiger partial charge >= 0.3 is 0 Å². The first-order valence-electron chi connectivity index (χ1n) is 8.34. The molecule has 4 nitrogen and oxygen atoms in total. The minimum atomic E-state index is 0.0928. The van der Waals surface area contributed by atoms with E-state index in [9.17, 15) is 0 Å². The van der Waals surface area contributed by atoms with Gasteiger partial charge in [-0.2, -0.15) is 5.10 Å². The molecule has 0 spiro atoms. The van der Waals surface area contributed by atoms with Crippen LogP contribution in [0, 0.1) is 0 Å². The number of aromatic nitrogens is 3. The van der Waals surface area contributed by atoms with E-state index in [0.29, 0.717) is 10.0 Å². The average Bonchev–Trinajstić information content (AvgIpc) is 3.04. The number of halogens is 2. The predicted octanol–water partition coefficient (Wildman–Crippen LogP) is 5.42. The Morgan fingerprint density at radius 3 is 2.69 bits per heavy atom. The highest BCUT2D eigenvalue weighted by Gasteiger charge is 2.27. The lowest BCUT2D eigenvalue weighted by Gasteiger charge is -2.25. The van der Waals surface area contributed by atoms with Gasteiger partial charge in [-0.05, 0) is 29.8 Å². The van der Waals surface area contributed by atoms with Gasteiger partial charge in [0.1, 0.15) is 16.7 Å². The highest BCUT2D eigenvalue weighted by molar-refractivity contribution is 6.36. The summed E-state index contributed by atoms with van der Waals surface area (Å²) < 4.78 is 2.06. The molecule has 5 rings (SSSR count). The van der Waals surface area contributed by atoms with E-state index in [2.05, 4.69) is 27.1 Å². The molecule has 0 saturated carbocycles. The van der Waals surface area contributed by atoms with E-state index in [0.717, 1.165) is 34.5 Å². The van der Waals surface area contributed by atoms with Crippen molar-refractivity contribution in [2.75, 3.05) is 11.9 Å². The highest BCUT2D eigenvalue weighted by Crippen LogP contribution is 2.39. The molecule has 1 aliphatic rings. The van der Waals surface area contributed by atoms with Crippen molar-refractivity contribution >= 4 is 39.9 Å². The number of nitrogens with one attached hydrogen (secondary N) is 1. The van der Waals surface area contributed by atoms with E-state index < -0.39 is 0 Å². The number of hydrogen-bond donors (Lipinski definition) is 1. The van der Waals surface area contributed by atoms with Crippen LogP contribution in [0.1, 0.15) is 11.6 Å². The third kappa shape index (κ3) is 2.37. The Kier molecular flexibility index (Phi) is 3.62. The number of benzene rings is 2. The average molecular weight is 381 g/mol. The Morgan fingerprint density at radius 2 is 1.88 bits per heavy atom. The van der Waals surface area contributed by atoms with Crippen LogP contribution in [-0.2, 0) is 0 Å². The van der Waals surface area contributed by atoms with Crippen LogP contribution in [0.5, 0.6) is 0 Å². The standard InChI is InChI=1S/C20H14Cl2N4/c21-13-6-7-14(15(22)10-13)18-19-20-16(8-9-23-19)24-11-17(26(20)25-18)12-4-2-1-3-5-12/h1-10,17,24H,11H2. The van der Waals surface area contributed by atoms with Gasteiger partial charge in [-0.3, -0.25) is 9.67 Å². The molecule has 3 heterocycles. The summed E-state index contributed by atoms with van der Waals surface area (Å²) in [6.07, 6.45) is 1.80. The summed E-state index contributed by atoms with van der Waals surface area (Å²) >= 11 is 12.5. The van der Waals surface area contributed by atoms with Gasteiger partial charge < -0.3 is 5.32 Å². The minimum absolute atomic E-state index is 0.0928. The van der Waals surface area contributed by atoms with Gasteiger partial charge in [-0.15, -0.1) is 0 Å². The SMILES string of the molecule is Clc1ccc(-c2nn3c4c(ccnc24)NCC3c2ccccc2)c(Cl)c1. The summed E-state index contributed by atoms with van der Waals surface area (Å²) in [6, 6.07) is 17.9. The first-order valence-corrected chi connectivity index (χ1v) is 9.09. The third-order valence-electron chi connectivity index (χ3n) is 4.74. The fraction of sp³-hybridized carbons (Fsp3) is 0.100. The molecule has 26 heavy (non-hydrogen) atoms. The first-order chi connectivity index (χ1) is 12.7. The number of anilines is 1. The van der Waals surface area contributed by atoms with E-state index in [1.165, 1.54) is 5.56 Å². The maximum absolute atomic E-state index is 6.45. The normalized spacial score (nSPS) is 15.8. The molecule has 0 aliphatic carbocycles. The third-order valence-corrected chi connectivity index (χ3v) is 5.28. The monoisotopic (exact) mass is 380 g/mol. The van der Waals surface area contributed by atoms with Crippen molar-refractivity contribution in [2.45, 2.75) is 6.04 Å². The number of pyridine rings is 1. The Hall–Kier alpha value is -2.56. The first kappa shape index (κ1) is 15.7. The quantitative estimate of drug-likeness (QED) is 0.504. The predicted molar refractivity (Wildman–Crippen MR) is 106 cm³/mol. The van der Waals surface area contributed by atoms with Gasteiger partial charge in [0.05, 0.1) is 16.8 Å². The Morgan fingerprint density at radius 1 is 1.04 bits per heavy atom. The molecule has 1 N–H and O–H groups in total. The molecule has 0 amide bonds. The summed E-state index contributed by atoms with van der Waals surface area (Å²) in [6.45, 7) is 0.769. The second-order valence-corrected chi connectivity index (χ2v) is 7.12. The molecule has 1 aliphatic heterocycles. The lowest BCUT2D eigenvalue weighted by Crippen LogP contribution is -2.25. The molecule has 0 saturated heterocycles. The van der Waals surface area contributed by atoms with E-state index in [1.54, 1.807) is 12.3 Å². The van der Waals surface area contributed by atoms with Crippen LogP contribution >= 0.6 is 23.2 Å². The van der Waals surface area contributed by atoms with Crippen molar-refractivity contribution < 1.29 is 0 Å². The zero-order valence-corrected chi connectivity index (χ0v) is 15.2. The Balaban J connectivity index is 1.77. The fourth-order valence-corrected chi connectivity index (χ4v) is 4.02. The Labute approximate surface area is 160 Å². The van der Waals surface area contributed by atoms with Gasteiger partial charge in [0, 0.05) is 23.3 Å². The second-order valence-electron chi connectivity index (χ2n) is 6.28. The zero-order valence-electron chi connectivity index (χ0n) is 13.7. The van der Waals surface area contributed by atoms with Gasteiger partial charge in [-0.25, -0.2) is 0 Å². The van der Waals surface area contributed by atoms with Gasteiger partial charge in [-0.1, -0.05) is 53.5 Å². The molecule has 2 aromatic heterocycles.